The monoisotopic (exact) mass is 272 g/mol. The number of ketones is 1. The summed E-state index contributed by atoms with van der Waals surface area (Å²) < 4.78 is 5.17. The highest BCUT2D eigenvalue weighted by atomic mass is 16.5. The number of Topliss-reactive ketones (excluding diaryl/α,β-unsaturated/α-hetero) is 1. The Labute approximate surface area is 119 Å². The number of carbonyl (C=O) groups excluding carboxylic acids is 2. The molecule has 3 aliphatic carbocycles. The Morgan fingerprint density at radius 2 is 1.85 bits per heavy atom. The molecule has 4 unspecified atom stereocenters. The fourth-order valence-electron chi connectivity index (χ4n) is 4.81. The second-order valence-corrected chi connectivity index (χ2v) is 6.65. The van der Waals surface area contributed by atoms with E-state index in [-0.39, 0.29) is 5.97 Å². The Morgan fingerprint density at radius 3 is 2.75 bits per heavy atom. The van der Waals surface area contributed by atoms with Crippen molar-refractivity contribution in [2.45, 2.75) is 38.5 Å². The van der Waals surface area contributed by atoms with Crippen LogP contribution < -0.4 is 0 Å². The fourth-order valence-corrected chi connectivity index (χ4v) is 4.81. The molecule has 0 radical (unpaired) electrons. The first-order valence-corrected chi connectivity index (χ1v) is 7.84. The standard InChI is InChI=1S/C17H20O3/c18-11-2-4-12-10(9-11)1-3-14-13(12)5-6-16-15(14)7-8-20-17(16)19/h5-6,10,12,14-15H,1-4,7-9H2. The molecule has 4 rings (SSSR count). The van der Waals surface area contributed by atoms with Crippen LogP contribution in [0.3, 0.4) is 0 Å². The zero-order valence-corrected chi connectivity index (χ0v) is 11.6. The molecule has 0 bridgehead atoms. The number of hydrogen-bond donors (Lipinski definition) is 0. The van der Waals surface area contributed by atoms with E-state index in [2.05, 4.69) is 6.08 Å². The van der Waals surface area contributed by atoms with E-state index in [0.29, 0.717) is 36.1 Å². The third-order valence-corrected chi connectivity index (χ3v) is 5.74. The fraction of sp³-hybridized carbons (Fsp3) is 0.647. The highest BCUT2D eigenvalue weighted by Crippen LogP contribution is 2.51. The van der Waals surface area contributed by atoms with Crippen LogP contribution in [0.5, 0.6) is 0 Å². The summed E-state index contributed by atoms with van der Waals surface area (Å²) in [5, 5.41) is 0. The number of hydrogen-bond acceptors (Lipinski definition) is 3. The summed E-state index contributed by atoms with van der Waals surface area (Å²) in [4.78, 5) is 23.5. The Kier molecular flexibility index (Phi) is 2.83. The Balaban J connectivity index is 1.67. The summed E-state index contributed by atoms with van der Waals surface area (Å²) in [6, 6.07) is 0. The molecule has 1 aliphatic heterocycles. The SMILES string of the molecule is O=C1CCC2C3=CC=C4C(=O)OCCC4C3CCC2C1. The quantitative estimate of drug-likeness (QED) is 0.637. The molecule has 4 aliphatic rings. The number of ether oxygens (including phenoxy) is 1. The van der Waals surface area contributed by atoms with Crippen LogP contribution in [0, 0.1) is 23.7 Å². The van der Waals surface area contributed by atoms with Crippen molar-refractivity contribution in [2.75, 3.05) is 6.61 Å². The Bertz CT molecular complexity index is 528. The van der Waals surface area contributed by atoms with Gasteiger partial charge in [0.25, 0.3) is 0 Å². The average molecular weight is 272 g/mol. The van der Waals surface area contributed by atoms with E-state index in [1.54, 1.807) is 0 Å². The zero-order chi connectivity index (χ0) is 13.7. The van der Waals surface area contributed by atoms with Crippen molar-refractivity contribution in [2.24, 2.45) is 23.7 Å². The molecule has 3 nitrogen and oxygen atoms in total. The first kappa shape index (κ1) is 12.4. The molecule has 20 heavy (non-hydrogen) atoms. The molecular weight excluding hydrogens is 252 g/mol. The second kappa shape index (κ2) is 4.57. The van der Waals surface area contributed by atoms with Gasteiger partial charge in [-0.2, -0.15) is 0 Å². The molecule has 0 spiro atoms. The minimum absolute atomic E-state index is 0.113. The summed E-state index contributed by atoms with van der Waals surface area (Å²) in [5.41, 5.74) is 2.41. The molecule has 0 aromatic rings. The lowest BCUT2D eigenvalue weighted by atomic mass is 9.59. The van der Waals surface area contributed by atoms with E-state index in [0.717, 1.165) is 44.1 Å². The largest absolute Gasteiger partial charge is 0.462 e. The normalized spacial score (nSPS) is 39.8. The van der Waals surface area contributed by atoms with Gasteiger partial charge in [0.1, 0.15) is 5.78 Å². The number of esters is 1. The van der Waals surface area contributed by atoms with Crippen molar-refractivity contribution < 1.29 is 14.3 Å². The molecule has 3 fully saturated rings. The van der Waals surface area contributed by atoms with Crippen molar-refractivity contribution in [3.05, 3.63) is 23.3 Å². The molecule has 0 amide bonds. The van der Waals surface area contributed by atoms with Gasteiger partial charge in [-0.3, -0.25) is 4.79 Å². The lowest BCUT2D eigenvalue weighted by Crippen LogP contribution is -2.40. The molecule has 106 valence electrons. The van der Waals surface area contributed by atoms with Crippen LogP contribution in [-0.2, 0) is 14.3 Å². The third kappa shape index (κ3) is 1.79. The molecule has 0 N–H and O–H groups in total. The van der Waals surface area contributed by atoms with Crippen molar-refractivity contribution in [3.8, 4) is 0 Å². The molecule has 4 atom stereocenters. The van der Waals surface area contributed by atoms with E-state index in [1.165, 1.54) is 5.57 Å². The number of cyclic esters (lactones) is 1. The second-order valence-electron chi connectivity index (χ2n) is 6.65. The van der Waals surface area contributed by atoms with E-state index in [9.17, 15) is 9.59 Å². The predicted octanol–water partition coefficient (Wildman–Crippen LogP) is 2.81. The lowest BCUT2D eigenvalue weighted by molar-refractivity contribution is -0.143. The third-order valence-electron chi connectivity index (χ3n) is 5.74. The molecule has 3 heteroatoms. The van der Waals surface area contributed by atoms with E-state index in [1.807, 2.05) is 6.08 Å². The molecular formula is C17H20O3. The summed E-state index contributed by atoms with van der Waals surface area (Å²) >= 11 is 0. The van der Waals surface area contributed by atoms with Gasteiger partial charge in [-0.15, -0.1) is 0 Å². The highest BCUT2D eigenvalue weighted by Gasteiger charge is 2.44. The van der Waals surface area contributed by atoms with Crippen LogP contribution >= 0.6 is 0 Å². The summed E-state index contributed by atoms with van der Waals surface area (Å²) in [7, 11) is 0. The Hall–Kier alpha value is -1.38. The van der Waals surface area contributed by atoms with Crippen LogP contribution in [0.2, 0.25) is 0 Å². The average Bonchev–Trinajstić information content (AvgIpc) is 2.46. The van der Waals surface area contributed by atoms with Crippen molar-refractivity contribution in [1.82, 2.24) is 0 Å². The smallest absolute Gasteiger partial charge is 0.334 e. The number of fused-ring (bicyclic) bond motifs is 5. The topological polar surface area (TPSA) is 43.4 Å². The van der Waals surface area contributed by atoms with Gasteiger partial charge in [0, 0.05) is 24.3 Å². The summed E-state index contributed by atoms with van der Waals surface area (Å²) in [6.07, 6.45) is 9.97. The molecule has 0 aromatic heterocycles. The van der Waals surface area contributed by atoms with Gasteiger partial charge < -0.3 is 4.74 Å². The van der Waals surface area contributed by atoms with Gasteiger partial charge in [-0.05, 0) is 43.4 Å². The summed E-state index contributed by atoms with van der Waals surface area (Å²) in [6.45, 7) is 0.567. The molecule has 0 aromatic carbocycles. The van der Waals surface area contributed by atoms with Gasteiger partial charge in [-0.1, -0.05) is 17.7 Å². The van der Waals surface area contributed by atoms with Crippen molar-refractivity contribution in [1.29, 1.82) is 0 Å². The zero-order valence-electron chi connectivity index (χ0n) is 11.6. The molecule has 2 saturated carbocycles. The Morgan fingerprint density at radius 1 is 0.950 bits per heavy atom. The van der Waals surface area contributed by atoms with Gasteiger partial charge >= 0.3 is 5.97 Å². The number of carbonyl (C=O) groups is 2. The predicted molar refractivity (Wildman–Crippen MR) is 73.8 cm³/mol. The molecule has 1 heterocycles. The van der Waals surface area contributed by atoms with Crippen LogP contribution in [0.25, 0.3) is 0 Å². The highest BCUT2D eigenvalue weighted by molar-refractivity contribution is 5.90. The van der Waals surface area contributed by atoms with Crippen LogP contribution in [0.1, 0.15) is 38.5 Å². The first-order valence-electron chi connectivity index (χ1n) is 7.84. The van der Waals surface area contributed by atoms with E-state index >= 15 is 0 Å². The maximum Gasteiger partial charge on any atom is 0.334 e. The van der Waals surface area contributed by atoms with Crippen LogP contribution in [-0.4, -0.2) is 18.4 Å². The summed E-state index contributed by atoms with van der Waals surface area (Å²) in [5.74, 6) is 2.37. The van der Waals surface area contributed by atoms with Gasteiger partial charge in [-0.25, -0.2) is 4.79 Å². The van der Waals surface area contributed by atoms with Crippen molar-refractivity contribution >= 4 is 11.8 Å². The van der Waals surface area contributed by atoms with E-state index in [4.69, 9.17) is 4.74 Å². The lowest BCUT2D eigenvalue weighted by Gasteiger charge is -2.46. The maximum atomic E-state index is 11.9. The van der Waals surface area contributed by atoms with Gasteiger partial charge in [0.05, 0.1) is 6.61 Å². The van der Waals surface area contributed by atoms with Crippen LogP contribution in [0.15, 0.2) is 23.3 Å². The number of allylic oxidation sites excluding steroid dienone is 3. The number of rotatable bonds is 0. The van der Waals surface area contributed by atoms with Gasteiger partial charge in [0.2, 0.25) is 0 Å². The minimum atomic E-state index is -0.113. The van der Waals surface area contributed by atoms with Crippen LogP contribution in [0.4, 0.5) is 0 Å². The minimum Gasteiger partial charge on any atom is -0.462 e. The molecule has 1 saturated heterocycles. The van der Waals surface area contributed by atoms with Gasteiger partial charge in [0.15, 0.2) is 0 Å². The first-order chi connectivity index (χ1) is 9.74. The van der Waals surface area contributed by atoms with Crippen molar-refractivity contribution in [3.63, 3.8) is 0 Å². The van der Waals surface area contributed by atoms with E-state index < -0.39 is 0 Å². The maximum absolute atomic E-state index is 11.9.